The molecule has 0 aromatic heterocycles. The van der Waals surface area contributed by atoms with Gasteiger partial charge in [-0.3, -0.25) is 14.9 Å². The zero-order valence-corrected chi connectivity index (χ0v) is 18.8. The van der Waals surface area contributed by atoms with Gasteiger partial charge in [0.15, 0.2) is 5.50 Å². The molecule has 0 aliphatic carbocycles. The van der Waals surface area contributed by atoms with E-state index in [0.29, 0.717) is 10.7 Å². The van der Waals surface area contributed by atoms with Crippen LogP contribution >= 0.6 is 11.8 Å². The molecule has 1 fully saturated rings. The molecule has 1 amide bonds. The number of benzene rings is 3. The van der Waals surface area contributed by atoms with E-state index >= 15 is 0 Å². The van der Waals surface area contributed by atoms with E-state index in [1.54, 1.807) is 12.1 Å². The van der Waals surface area contributed by atoms with Crippen LogP contribution in [0.3, 0.4) is 0 Å². The summed E-state index contributed by atoms with van der Waals surface area (Å²) in [6.07, 6.45) is 2.83. The molecular weight excluding hydrogens is 438 g/mol. The van der Waals surface area contributed by atoms with Crippen LogP contribution in [-0.4, -0.2) is 16.3 Å². The zero-order valence-electron chi connectivity index (χ0n) is 18.0. The average Bonchev–Trinajstić information content (AvgIpc) is 3.17. The number of nitro groups is 1. The van der Waals surface area contributed by atoms with Gasteiger partial charge >= 0.3 is 0 Å². The van der Waals surface area contributed by atoms with Gasteiger partial charge in [-0.25, -0.2) is 0 Å². The molecule has 1 aliphatic rings. The summed E-state index contributed by atoms with van der Waals surface area (Å²) in [6.45, 7) is 2.34. The molecule has 1 heterocycles. The van der Waals surface area contributed by atoms with E-state index in [0.717, 1.165) is 23.2 Å². The van der Waals surface area contributed by atoms with Crippen molar-refractivity contribution in [3.63, 3.8) is 0 Å². The lowest BCUT2D eigenvalue weighted by atomic mass is 10.1. The third-order valence-corrected chi connectivity index (χ3v) is 6.12. The van der Waals surface area contributed by atoms with Gasteiger partial charge in [0.05, 0.1) is 9.83 Å². The first-order chi connectivity index (χ1) is 16.0. The second-order valence-corrected chi connectivity index (χ2v) is 8.61. The Kier molecular flexibility index (Phi) is 6.95. The van der Waals surface area contributed by atoms with E-state index in [9.17, 15) is 14.9 Å². The SMILES string of the molecule is CCc1ccc(N[C@@H]2NC(=O)/C(=C/c3ccc(OCc4cccc([N+](=O)[O-])c4)cc3)S2)cc1. The number of nitrogens with one attached hydrogen (secondary N) is 2. The van der Waals surface area contributed by atoms with E-state index in [1.807, 2.05) is 42.5 Å². The fraction of sp³-hybridized carbons (Fsp3) is 0.160. The number of nitrogens with zero attached hydrogens (tertiary/aromatic N) is 1. The topological polar surface area (TPSA) is 93.5 Å². The van der Waals surface area contributed by atoms with Crippen molar-refractivity contribution >= 4 is 35.1 Å². The first-order valence-electron chi connectivity index (χ1n) is 10.5. The summed E-state index contributed by atoms with van der Waals surface area (Å²) in [5.41, 5.74) is 3.63. The Morgan fingerprint density at radius 1 is 1.09 bits per heavy atom. The number of ether oxygens (including phenoxy) is 1. The number of hydrogen-bond donors (Lipinski definition) is 2. The van der Waals surface area contributed by atoms with Crippen LogP contribution in [0.5, 0.6) is 5.75 Å². The molecule has 8 heteroatoms. The standard InChI is InChI=1S/C25H23N3O4S/c1-2-17-6-10-20(11-7-17)26-25-27-24(29)23(33-25)15-18-8-12-22(13-9-18)32-16-19-4-3-5-21(14-19)28(30)31/h3-15,25-26H,2,16H2,1H3,(H,27,29)/b23-15-/t25-/m1/s1. The maximum Gasteiger partial charge on any atom is 0.269 e. The molecule has 1 atom stereocenters. The second kappa shape index (κ2) is 10.2. The van der Waals surface area contributed by atoms with Crippen LogP contribution in [0.2, 0.25) is 0 Å². The number of carbonyl (C=O) groups excluding carboxylic acids is 1. The first kappa shape index (κ1) is 22.4. The number of aryl methyl sites for hydroxylation is 1. The Hall–Kier alpha value is -3.78. The van der Waals surface area contributed by atoms with E-state index in [2.05, 4.69) is 29.7 Å². The number of carbonyl (C=O) groups is 1. The van der Waals surface area contributed by atoms with Crippen LogP contribution in [0.4, 0.5) is 11.4 Å². The summed E-state index contributed by atoms with van der Waals surface area (Å²) < 4.78 is 5.74. The average molecular weight is 462 g/mol. The van der Waals surface area contributed by atoms with Crippen LogP contribution in [-0.2, 0) is 17.8 Å². The van der Waals surface area contributed by atoms with Gasteiger partial charge in [-0.15, -0.1) is 0 Å². The predicted octanol–water partition coefficient (Wildman–Crippen LogP) is 5.34. The smallest absolute Gasteiger partial charge is 0.269 e. The number of amides is 1. The van der Waals surface area contributed by atoms with Crippen LogP contribution < -0.4 is 15.4 Å². The van der Waals surface area contributed by atoms with Gasteiger partial charge in [0, 0.05) is 17.8 Å². The molecule has 1 saturated heterocycles. The molecule has 4 rings (SSSR count). The van der Waals surface area contributed by atoms with Gasteiger partial charge in [0.1, 0.15) is 12.4 Å². The van der Waals surface area contributed by atoms with Gasteiger partial charge < -0.3 is 15.4 Å². The highest BCUT2D eigenvalue weighted by Crippen LogP contribution is 2.30. The molecule has 3 aromatic rings. The number of thioether (sulfide) groups is 1. The molecule has 0 radical (unpaired) electrons. The minimum Gasteiger partial charge on any atom is -0.489 e. The van der Waals surface area contributed by atoms with Crippen LogP contribution in [0.25, 0.3) is 6.08 Å². The third kappa shape index (κ3) is 5.93. The minimum absolute atomic E-state index is 0.0381. The highest BCUT2D eigenvalue weighted by atomic mass is 32.2. The van der Waals surface area contributed by atoms with Crippen LogP contribution in [0.1, 0.15) is 23.6 Å². The number of non-ortho nitro benzene ring substituents is 1. The number of rotatable bonds is 8. The number of hydrogen-bond acceptors (Lipinski definition) is 6. The molecule has 0 saturated carbocycles. The van der Waals surface area contributed by atoms with E-state index in [-0.39, 0.29) is 23.7 Å². The molecule has 0 unspecified atom stereocenters. The Labute approximate surface area is 196 Å². The summed E-state index contributed by atoms with van der Waals surface area (Å²) in [5, 5.41) is 17.1. The normalized spacial score (nSPS) is 16.5. The lowest BCUT2D eigenvalue weighted by Crippen LogP contribution is -2.30. The molecule has 168 valence electrons. The minimum atomic E-state index is -0.425. The fourth-order valence-corrected chi connectivity index (χ4v) is 4.28. The van der Waals surface area contributed by atoms with Gasteiger partial charge in [0.2, 0.25) is 0 Å². The maximum absolute atomic E-state index is 12.4. The number of anilines is 1. The summed E-state index contributed by atoms with van der Waals surface area (Å²) in [5.74, 6) is 0.524. The predicted molar refractivity (Wildman–Crippen MR) is 131 cm³/mol. The Morgan fingerprint density at radius 3 is 2.55 bits per heavy atom. The van der Waals surface area contributed by atoms with Gasteiger partial charge in [-0.1, -0.05) is 55.1 Å². The molecule has 3 aromatic carbocycles. The molecule has 33 heavy (non-hydrogen) atoms. The fourth-order valence-electron chi connectivity index (χ4n) is 3.29. The molecule has 0 spiro atoms. The monoisotopic (exact) mass is 461 g/mol. The van der Waals surface area contributed by atoms with E-state index < -0.39 is 4.92 Å². The second-order valence-electron chi connectivity index (χ2n) is 7.46. The Morgan fingerprint density at radius 2 is 1.85 bits per heavy atom. The van der Waals surface area contributed by atoms with Crippen molar-refractivity contribution in [1.29, 1.82) is 0 Å². The van der Waals surface area contributed by atoms with E-state index in [1.165, 1.54) is 29.5 Å². The summed E-state index contributed by atoms with van der Waals surface area (Å²) >= 11 is 1.44. The Balaban J connectivity index is 1.34. The van der Waals surface area contributed by atoms with Crippen molar-refractivity contribution in [2.24, 2.45) is 0 Å². The quantitative estimate of drug-likeness (QED) is 0.267. The van der Waals surface area contributed by atoms with Crippen molar-refractivity contribution in [3.8, 4) is 5.75 Å². The van der Waals surface area contributed by atoms with Crippen molar-refractivity contribution in [1.82, 2.24) is 5.32 Å². The van der Waals surface area contributed by atoms with Crippen molar-refractivity contribution in [2.75, 3.05) is 5.32 Å². The lowest BCUT2D eigenvalue weighted by Gasteiger charge is -2.12. The molecule has 7 nitrogen and oxygen atoms in total. The van der Waals surface area contributed by atoms with Gasteiger partial charge in [0.25, 0.3) is 11.6 Å². The largest absolute Gasteiger partial charge is 0.489 e. The van der Waals surface area contributed by atoms with E-state index in [4.69, 9.17) is 4.74 Å². The third-order valence-electron chi connectivity index (χ3n) is 5.10. The first-order valence-corrected chi connectivity index (χ1v) is 11.4. The molecular formula is C25H23N3O4S. The highest BCUT2D eigenvalue weighted by molar-refractivity contribution is 8.05. The molecule has 1 aliphatic heterocycles. The lowest BCUT2D eigenvalue weighted by molar-refractivity contribution is -0.384. The van der Waals surface area contributed by atoms with Crippen molar-refractivity contribution in [3.05, 3.63) is 105 Å². The summed E-state index contributed by atoms with van der Waals surface area (Å²) in [4.78, 5) is 23.5. The molecule has 2 N–H and O–H groups in total. The molecule has 0 bridgehead atoms. The van der Waals surface area contributed by atoms with Crippen molar-refractivity contribution < 1.29 is 14.5 Å². The van der Waals surface area contributed by atoms with Gasteiger partial charge in [-0.05, 0) is 53.5 Å². The van der Waals surface area contributed by atoms with Gasteiger partial charge in [-0.2, -0.15) is 0 Å². The Bertz CT molecular complexity index is 1180. The van der Waals surface area contributed by atoms with Crippen LogP contribution in [0.15, 0.2) is 77.7 Å². The summed E-state index contributed by atoms with van der Waals surface area (Å²) in [7, 11) is 0. The summed E-state index contributed by atoms with van der Waals surface area (Å²) in [6, 6.07) is 21.9. The van der Waals surface area contributed by atoms with Crippen LogP contribution in [0, 0.1) is 10.1 Å². The zero-order chi connectivity index (χ0) is 23.2. The van der Waals surface area contributed by atoms with Crippen molar-refractivity contribution in [2.45, 2.75) is 25.4 Å². The highest BCUT2D eigenvalue weighted by Gasteiger charge is 2.27. The maximum atomic E-state index is 12.4. The number of nitro benzene ring substituents is 1.